The maximum atomic E-state index is 4.47. The van der Waals surface area contributed by atoms with Gasteiger partial charge in [0.25, 0.3) is 0 Å². The molecule has 0 aliphatic carbocycles. The number of nitrogens with zero attached hydrogens (tertiary/aromatic N) is 5. The fraction of sp³-hybridized carbons (Fsp3) is 0.429. The number of anilines is 1. The Morgan fingerprint density at radius 1 is 0.929 bits per heavy atom. The van der Waals surface area contributed by atoms with Gasteiger partial charge >= 0.3 is 0 Å². The topological polar surface area (TPSA) is 49.2 Å². The molecule has 1 saturated heterocycles. The van der Waals surface area contributed by atoms with Crippen molar-refractivity contribution in [2.24, 2.45) is 0 Å². The van der Waals surface area contributed by atoms with E-state index in [9.17, 15) is 0 Å². The molecular weight excluding hydrogens is 368 g/mol. The van der Waals surface area contributed by atoms with E-state index in [4.69, 9.17) is 0 Å². The average Bonchev–Trinajstić information content (AvgIpc) is 3.39. The van der Waals surface area contributed by atoms with Gasteiger partial charge in [0.1, 0.15) is 0 Å². The third-order valence-corrected chi connectivity index (χ3v) is 6.09. The maximum absolute atomic E-state index is 4.47. The van der Waals surface area contributed by atoms with Gasteiger partial charge in [0.05, 0.1) is 0 Å². The minimum Gasteiger partial charge on any atom is -0.344 e. The Balaban J connectivity index is 1.36. The Labute approximate surface area is 170 Å². The summed E-state index contributed by atoms with van der Waals surface area (Å²) in [5, 5.41) is 14.4. The van der Waals surface area contributed by atoms with Gasteiger partial charge in [-0.3, -0.25) is 9.47 Å². The summed E-state index contributed by atoms with van der Waals surface area (Å²) >= 11 is 1.68. The van der Waals surface area contributed by atoms with E-state index >= 15 is 0 Å². The van der Waals surface area contributed by atoms with Crippen molar-refractivity contribution < 1.29 is 0 Å². The van der Waals surface area contributed by atoms with Crippen LogP contribution in [0.1, 0.15) is 24.6 Å². The van der Waals surface area contributed by atoms with E-state index in [0.29, 0.717) is 0 Å². The molecule has 0 saturated carbocycles. The van der Waals surface area contributed by atoms with Crippen LogP contribution in [-0.2, 0) is 13.1 Å². The van der Waals surface area contributed by atoms with E-state index in [1.165, 1.54) is 24.2 Å². The predicted octanol–water partition coefficient (Wildman–Crippen LogP) is 3.15. The van der Waals surface area contributed by atoms with Crippen molar-refractivity contribution in [3.63, 3.8) is 0 Å². The molecule has 3 aromatic rings. The summed E-state index contributed by atoms with van der Waals surface area (Å²) in [5.41, 5.74) is 2.49. The highest BCUT2D eigenvalue weighted by Crippen LogP contribution is 2.25. The summed E-state index contributed by atoms with van der Waals surface area (Å²) in [6.45, 7) is 9.38. The SMILES string of the molecule is CCCN1CCN(c2nnc(-n3cccc3CNCc3ccccc3)s2)CC1. The Morgan fingerprint density at radius 3 is 2.50 bits per heavy atom. The zero-order valence-electron chi connectivity index (χ0n) is 16.4. The molecule has 0 bridgehead atoms. The molecule has 0 radical (unpaired) electrons. The minimum atomic E-state index is 0.798. The van der Waals surface area contributed by atoms with Gasteiger partial charge < -0.3 is 10.2 Å². The number of rotatable bonds is 8. The lowest BCUT2D eigenvalue weighted by Gasteiger charge is -2.33. The molecule has 1 aromatic carbocycles. The van der Waals surface area contributed by atoms with Gasteiger partial charge in [0, 0.05) is 51.2 Å². The standard InChI is InChI=1S/C21H28N6S/c1-2-10-25-12-14-26(15-13-25)20-23-24-21(28-20)27-11-6-9-19(27)17-22-16-18-7-4-3-5-8-18/h3-9,11,22H,2,10,12-17H2,1H3. The van der Waals surface area contributed by atoms with E-state index in [2.05, 4.69) is 79.4 Å². The van der Waals surface area contributed by atoms with Gasteiger partial charge in [-0.25, -0.2) is 0 Å². The lowest BCUT2D eigenvalue weighted by atomic mass is 10.2. The third kappa shape index (κ3) is 4.60. The monoisotopic (exact) mass is 396 g/mol. The molecule has 1 aliphatic heterocycles. The van der Waals surface area contributed by atoms with Crippen LogP contribution in [-0.4, -0.2) is 52.4 Å². The van der Waals surface area contributed by atoms with Crippen molar-refractivity contribution in [3.8, 4) is 5.13 Å². The first-order chi connectivity index (χ1) is 13.8. The molecule has 0 spiro atoms. The molecule has 148 valence electrons. The van der Waals surface area contributed by atoms with Crippen molar-refractivity contribution in [1.82, 2.24) is 25.0 Å². The average molecular weight is 397 g/mol. The molecule has 4 rings (SSSR count). The Bertz CT molecular complexity index is 851. The molecule has 6 nitrogen and oxygen atoms in total. The number of benzene rings is 1. The molecule has 28 heavy (non-hydrogen) atoms. The number of nitrogens with one attached hydrogen (secondary N) is 1. The summed E-state index contributed by atoms with van der Waals surface area (Å²) in [4.78, 5) is 4.89. The molecule has 7 heteroatoms. The Hall–Kier alpha value is -2.22. The summed E-state index contributed by atoms with van der Waals surface area (Å²) in [5.74, 6) is 0. The zero-order valence-corrected chi connectivity index (χ0v) is 17.2. The summed E-state index contributed by atoms with van der Waals surface area (Å²) in [6, 6.07) is 14.7. The molecule has 0 unspecified atom stereocenters. The van der Waals surface area contributed by atoms with Crippen LogP contribution in [0.15, 0.2) is 48.7 Å². The van der Waals surface area contributed by atoms with E-state index in [0.717, 1.165) is 49.5 Å². The van der Waals surface area contributed by atoms with Crippen molar-refractivity contribution in [2.45, 2.75) is 26.4 Å². The van der Waals surface area contributed by atoms with Crippen molar-refractivity contribution in [3.05, 3.63) is 59.9 Å². The predicted molar refractivity (Wildman–Crippen MR) is 115 cm³/mol. The fourth-order valence-electron chi connectivity index (χ4n) is 3.59. The van der Waals surface area contributed by atoms with E-state index in [1.54, 1.807) is 11.3 Å². The third-order valence-electron chi connectivity index (χ3n) is 5.10. The van der Waals surface area contributed by atoms with Crippen LogP contribution in [0.5, 0.6) is 0 Å². The highest BCUT2D eigenvalue weighted by Gasteiger charge is 2.20. The Kier molecular flexibility index (Phi) is 6.36. The van der Waals surface area contributed by atoms with E-state index in [-0.39, 0.29) is 0 Å². The normalized spacial score (nSPS) is 15.2. The van der Waals surface area contributed by atoms with E-state index < -0.39 is 0 Å². The molecule has 3 heterocycles. The van der Waals surface area contributed by atoms with Gasteiger partial charge in [-0.1, -0.05) is 48.6 Å². The zero-order chi connectivity index (χ0) is 19.2. The van der Waals surface area contributed by atoms with Crippen LogP contribution in [0.3, 0.4) is 0 Å². The first-order valence-electron chi connectivity index (χ1n) is 10.1. The van der Waals surface area contributed by atoms with Crippen LogP contribution in [0, 0.1) is 0 Å². The number of hydrogen-bond donors (Lipinski definition) is 1. The molecule has 0 atom stereocenters. The molecule has 0 amide bonds. The second-order valence-electron chi connectivity index (χ2n) is 7.15. The van der Waals surface area contributed by atoms with Gasteiger partial charge in [0.2, 0.25) is 10.3 Å². The summed E-state index contributed by atoms with van der Waals surface area (Å²) < 4.78 is 2.15. The molecular formula is C21H28N6S. The van der Waals surface area contributed by atoms with Gasteiger partial charge in [0.15, 0.2) is 0 Å². The smallest absolute Gasteiger partial charge is 0.218 e. The number of hydrogen-bond acceptors (Lipinski definition) is 6. The van der Waals surface area contributed by atoms with Gasteiger partial charge in [-0.2, -0.15) is 0 Å². The quantitative estimate of drug-likeness (QED) is 0.634. The molecule has 1 N–H and O–H groups in total. The molecule has 2 aromatic heterocycles. The summed E-state index contributed by atoms with van der Waals surface area (Å²) in [6.07, 6.45) is 3.29. The second-order valence-corrected chi connectivity index (χ2v) is 8.09. The minimum absolute atomic E-state index is 0.798. The lowest BCUT2D eigenvalue weighted by molar-refractivity contribution is 0.258. The highest BCUT2D eigenvalue weighted by molar-refractivity contribution is 7.17. The molecule has 1 fully saturated rings. The number of piperazine rings is 1. The largest absolute Gasteiger partial charge is 0.344 e. The van der Waals surface area contributed by atoms with E-state index in [1.807, 2.05) is 6.07 Å². The van der Waals surface area contributed by atoms with Crippen molar-refractivity contribution >= 4 is 16.5 Å². The van der Waals surface area contributed by atoms with Crippen LogP contribution < -0.4 is 10.2 Å². The number of aromatic nitrogens is 3. The first-order valence-corrected chi connectivity index (χ1v) is 10.9. The van der Waals surface area contributed by atoms with Crippen LogP contribution in [0.4, 0.5) is 5.13 Å². The van der Waals surface area contributed by atoms with Crippen molar-refractivity contribution in [2.75, 3.05) is 37.6 Å². The lowest BCUT2D eigenvalue weighted by Crippen LogP contribution is -2.46. The fourth-order valence-corrected chi connectivity index (χ4v) is 4.50. The van der Waals surface area contributed by atoms with Crippen LogP contribution >= 0.6 is 11.3 Å². The van der Waals surface area contributed by atoms with Crippen LogP contribution in [0.25, 0.3) is 5.13 Å². The van der Waals surface area contributed by atoms with Gasteiger partial charge in [-0.05, 0) is 30.7 Å². The second kappa shape index (κ2) is 9.32. The van der Waals surface area contributed by atoms with Crippen molar-refractivity contribution in [1.29, 1.82) is 0 Å². The van der Waals surface area contributed by atoms with Crippen LogP contribution in [0.2, 0.25) is 0 Å². The molecule has 1 aliphatic rings. The first kappa shape index (κ1) is 19.1. The maximum Gasteiger partial charge on any atom is 0.218 e. The highest BCUT2D eigenvalue weighted by atomic mass is 32.1. The Morgan fingerprint density at radius 2 is 1.71 bits per heavy atom. The van der Waals surface area contributed by atoms with Gasteiger partial charge in [-0.15, -0.1) is 10.2 Å². The summed E-state index contributed by atoms with van der Waals surface area (Å²) in [7, 11) is 0.